The summed E-state index contributed by atoms with van der Waals surface area (Å²) >= 11 is 7.90. The monoisotopic (exact) mass is 319 g/mol. The summed E-state index contributed by atoms with van der Waals surface area (Å²) in [5.41, 5.74) is 5.58. The highest BCUT2D eigenvalue weighted by Crippen LogP contribution is 2.25. The van der Waals surface area contributed by atoms with Crippen LogP contribution in [0.1, 0.15) is 16.1 Å². The fourth-order valence-corrected chi connectivity index (χ4v) is 3.58. The zero-order valence-corrected chi connectivity index (χ0v) is 13.8. The van der Waals surface area contributed by atoms with Gasteiger partial charge in [0.25, 0.3) is 0 Å². The predicted molar refractivity (Wildman–Crippen MR) is 90.3 cm³/mol. The van der Waals surface area contributed by atoms with Crippen LogP contribution in [0, 0.1) is 6.92 Å². The molecule has 0 bridgehead atoms. The molecule has 110 valence electrons. The van der Waals surface area contributed by atoms with Crippen LogP contribution < -0.4 is 5.32 Å². The van der Waals surface area contributed by atoms with E-state index in [4.69, 9.17) is 11.6 Å². The first kappa shape index (κ1) is 14.6. The first-order valence-corrected chi connectivity index (χ1v) is 8.25. The van der Waals surface area contributed by atoms with Crippen molar-refractivity contribution in [1.29, 1.82) is 0 Å². The van der Waals surface area contributed by atoms with Crippen LogP contribution in [0.4, 0.5) is 0 Å². The normalized spacial score (nSPS) is 11.4. The lowest BCUT2D eigenvalue weighted by Gasteiger charge is -2.05. The summed E-state index contributed by atoms with van der Waals surface area (Å²) in [6.45, 7) is 3.89. The SMILES string of the molecule is CNCc1cn(CCc2scnc2C)c2cc(Cl)ccc12. The average Bonchev–Trinajstić information content (AvgIpc) is 3.01. The van der Waals surface area contributed by atoms with Crippen molar-refractivity contribution >= 4 is 33.8 Å². The first-order valence-electron chi connectivity index (χ1n) is 7.00. The molecule has 1 N–H and O–H groups in total. The number of fused-ring (bicyclic) bond motifs is 1. The number of aryl methyl sites for hydroxylation is 3. The van der Waals surface area contributed by atoms with E-state index < -0.39 is 0 Å². The third-order valence-corrected chi connectivity index (χ3v) is 4.95. The van der Waals surface area contributed by atoms with Crippen molar-refractivity contribution in [3.8, 4) is 0 Å². The van der Waals surface area contributed by atoms with Gasteiger partial charge in [-0.3, -0.25) is 0 Å². The minimum atomic E-state index is 0.784. The van der Waals surface area contributed by atoms with E-state index in [1.165, 1.54) is 21.3 Å². The van der Waals surface area contributed by atoms with Crippen molar-refractivity contribution in [3.05, 3.63) is 51.1 Å². The standard InChI is InChI=1S/C16H18ClN3S/c1-11-16(21-10-19-11)5-6-20-9-12(8-18-2)14-4-3-13(17)7-15(14)20/h3-4,7,9-10,18H,5-6,8H2,1-2H3. The maximum Gasteiger partial charge on any atom is 0.0797 e. The van der Waals surface area contributed by atoms with Gasteiger partial charge in [-0.15, -0.1) is 11.3 Å². The molecule has 0 saturated heterocycles. The molecule has 0 atom stereocenters. The highest BCUT2D eigenvalue weighted by Gasteiger charge is 2.09. The fraction of sp³-hybridized carbons (Fsp3) is 0.312. The van der Waals surface area contributed by atoms with E-state index in [1.54, 1.807) is 11.3 Å². The third kappa shape index (κ3) is 2.98. The average molecular weight is 320 g/mol. The van der Waals surface area contributed by atoms with Crippen LogP contribution in [0.3, 0.4) is 0 Å². The lowest BCUT2D eigenvalue weighted by Crippen LogP contribution is -2.04. The van der Waals surface area contributed by atoms with Gasteiger partial charge < -0.3 is 9.88 Å². The number of benzene rings is 1. The number of hydrogen-bond donors (Lipinski definition) is 1. The number of aromatic nitrogens is 2. The second-order valence-corrected chi connectivity index (χ2v) is 6.53. The summed E-state index contributed by atoms with van der Waals surface area (Å²) < 4.78 is 2.30. The van der Waals surface area contributed by atoms with Gasteiger partial charge in [-0.05, 0) is 31.7 Å². The summed E-state index contributed by atoms with van der Waals surface area (Å²) in [5, 5.41) is 5.29. The molecule has 2 heterocycles. The molecule has 0 aliphatic rings. The predicted octanol–water partition coefficient (Wildman–Crippen LogP) is 4.02. The molecule has 3 rings (SSSR count). The zero-order chi connectivity index (χ0) is 14.8. The quantitative estimate of drug-likeness (QED) is 0.769. The molecule has 0 spiro atoms. The van der Waals surface area contributed by atoms with E-state index >= 15 is 0 Å². The Balaban J connectivity index is 1.93. The van der Waals surface area contributed by atoms with Crippen LogP contribution in [0.5, 0.6) is 0 Å². The van der Waals surface area contributed by atoms with E-state index in [0.717, 1.165) is 30.2 Å². The van der Waals surface area contributed by atoms with Gasteiger partial charge in [-0.2, -0.15) is 0 Å². The molecule has 0 saturated carbocycles. The number of nitrogens with one attached hydrogen (secondary N) is 1. The van der Waals surface area contributed by atoms with Gasteiger partial charge in [-0.1, -0.05) is 17.7 Å². The van der Waals surface area contributed by atoms with Crippen molar-refractivity contribution in [2.24, 2.45) is 0 Å². The molecule has 0 aliphatic heterocycles. The van der Waals surface area contributed by atoms with Crippen molar-refractivity contribution in [1.82, 2.24) is 14.9 Å². The molecule has 2 aromatic heterocycles. The van der Waals surface area contributed by atoms with Gasteiger partial charge in [-0.25, -0.2) is 4.98 Å². The van der Waals surface area contributed by atoms with Gasteiger partial charge in [0, 0.05) is 46.5 Å². The molecule has 0 aliphatic carbocycles. The summed E-state index contributed by atoms with van der Waals surface area (Å²) in [5.74, 6) is 0. The number of hydrogen-bond acceptors (Lipinski definition) is 3. The molecule has 3 aromatic rings. The van der Waals surface area contributed by atoms with Gasteiger partial charge in [0.1, 0.15) is 0 Å². The van der Waals surface area contributed by atoms with Crippen LogP contribution in [0.2, 0.25) is 5.02 Å². The first-order chi connectivity index (χ1) is 10.2. The highest BCUT2D eigenvalue weighted by molar-refractivity contribution is 7.09. The molecular formula is C16H18ClN3S. The van der Waals surface area contributed by atoms with Crippen LogP contribution in [-0.4, -0.2) is 16.6 Å². The van der Waals surface area contributed by atoms with Crippen molar-refractivity contribution in [2.45, 2.75) is 26.4 Å². The second kappa shape index (κ2) is 6.18. The topological polar surface area (TPSA) is 29.9 Å². The molecule has 3 nitrogen and oxygen atoms in total. The summed E-state index contributed by atoms with van der Waals surface area (Å²) in [6.07, 6.45) is 3.24. The molecule has 21 heavy (non-hydrogen) atoms. The smallest absolute Gasteiger partial charge is 0.0797 e. The minimum absolute atomic E-state index is 0.784. The van der Waals surface area contributed by atoms with E-state index in [-0.39, 0.29) is 0 Å². The summed E-state index contributed by atoms with van der Waals surface area (Å²) in [7, 11) is 1.97. The Labute approximate surface area is 133 Å². The highest BCUT2D eigenvalue weighted by atomic mass is 35.5. The number of thiazole rings is 1. The van der Waals surface area contributed by atoms with E-state index in [2.05, 4.69) is 40.1 Å². The maximum atomic E-state index is 6.17. The molecule has 0 fully saturated rings. The fourth-order valence-electron chi connectivity index (χ4n) is 2.65. The third-order valence-electron chi connectivity index (χ3n) is 3.72. The van der Waals surface area contributed by atoms with Crippen LogP contribution >= 0.6 is 22.9 Å². The van der Waals surface area contributed by atoms with Crippen molar-refractivity contribution in [3.63, 3.8) is 0 Å². The lowest BCUT2D eigenvalue weighted by molar-refractivity contribution is 0.718. The zero-order valence-electron chi connectivity index (χ0n) is 12.2. The van der Waals surface area contributed by atoms with Gasteiger partial charge in [0.05, 0.1) is 11.2 Å². The van der Waals surface area contributed by atoms with Crippen molar-refractivity contribution < 1.29 is 0 Å². The molecular weight excluding hydrogens is 302 g/mol. The van der Waals surface area contributed by atoms with Crippen LogP contribution in [0.15, 0.2) is 29.9 Å². The van der Waals surface area contributed by atoms with Gasteiger partial charge in [0.2, 0.25) is 0 Å². The largest absolute Gasteiger partial charge is 0.347 e. The number of halogens is 1. The van der Waals surface area contributed by atoms with E-state index in [9.17, 15) is 0 Å². The van der Waals surface area contributed by atoms with Gasteiger partial charge in [0.15, 0.2) is 0 Å². The Hall–Kier alpha value is -1.36. The van der Waals surface area contributed by atoms with Crippen LogP contribution in [-0.2, 0) is 19.5 Å². The number of rotatable bonds is 5. The molecule has 0 amide bonds. The Morgan fingerprint density at radius 1 is 1.38 bits per heavy atom. The Kier molecular flexibility index (Phi) is 4.29. The lowest BCUT2D eigenvalue weighted by atomic mass is 10.2. The van der Waals surface area contributed by atoms with Gasteiger partial charge >= 0.3 is 0 Å². The van der Waals surface area contributed by atoms with Crippen molar-refractivity contribution in [2.75, 3.05) is 7.05 Å². The Morgan fingerprint density at radius 3 is 2.95 bits per heavy atom. The summed E-state index contributed by atoms with van der Waals surface area (Å²) in [4.78, 5) is 5.67. The minimum Gasteiger partial charge on any atom is -0.347 e. The molecule has 1 aromatic carbocycles. The second-order valence-electron chi connectivity index (χ2n) is 5.15. The maximum absolute atomic E-state index is 6.17. The summed E-state index contributed by atoms with van der Waals surface area (Å²) in [6, 6.07) is 6.12. The van der Waals surface area contributed by atoms with E-state index in [0.29, 0.717) is 0 Å². The molecule has 0 radical (unpaired) electrons. The molecule has 0 unspecified atom stereocenters. The van der Waals surface area contributed by atoms with E-state index in [1.807, 2.05) is 18.6 Å². The Morgan fingerprint density at radius 2 is 2.24 bits per heavy atom. The molecule has 5 heteroatoms. The van der Waals surface area contributed by atoms with Crippen LogP contribution in [0.25, 0.3) is 10.9 Å². The Bertz CT molecular complexity index is 760. The number of nitrogens with zero attached hydrogens (tertiary/aromatic N) is 2.